The average Bonchev–Trinajstić information content (AvgIpc) is 2.58. The molecule has 0 saturated carbocycles. The maximum absolute atomic E-state index is 4.92. The number of aromatic nitrogens is 2. The zero-order valence-corrected chi connectivity index (χ0v) is 6.69. The molecule has 54 valence electrons. The maximum atomic E-state index is 4.92. The normalized spacial score (nSPS) is 9.00. The Bertz CT molecular complexity index is 320. The molecule has 0 aliphatic heterocycles. The van der Waals surface area contributed by atoms with Crippen LogP contribution in [0.4, 0.5) is 0 Å². The van der Waals surface area contributed by atoms with Crippen molar-refractivity contribution in [1.29, 1.82) is 0 Å². The van der Waals surface area contributed by atoms with Crippen molar-refractivity contribution in [1.82, 2.24) is 9.97 Å². The summed E-state index contributed by atoms with van der Waals surface area (Å²) in [6, 6.07) is 5.56. The summed E-state index contributed by atoms with van der Waals surface area (Å²) in [6.07, 6.45) is 5.67. The SMILES string of the molecule is [Li+].[c-]1cnc(-c2ccccn2)o1. The quantitative estimate of drug-likeness (QED) is 0.370. The van der Waals surface area contributed by atoms with Crippen molar-refractivity contribution in [3.63, 3.8) is 0 Å². The maximum Gasteiger partial charge on any atom is 1.00 e. The first kappa shape index (κ1) is 9.05. The van der Waals surface area contributed by atoms with Gasteiger partial charge in [0.2, 0.25) is 0 Å². The molecule has 12 heavy (non-hydrogen) atoms. The molecule has 0 aliphatic carbocycles. The Balaban J connectivity index is 0.000000720. The van der Waals surface area contributed by atoms with Gasteiger partial charge in [-0.2, -0.15) is 0 Å². The predicted octanol–water partition coefficient (Wildman–Crippen LogP) is -1.46. The van der Waals surface area contributed by atoms with E-state index in [-0.39, 0.29) is 18.9 Å². The Morgan fingerprint density at radius 3 is 2.75 bits per heavy atom. The summed E-state index contributed by atoms with van der Waals surface area (Å²) in [6.45, 7) is 0. The van der Waals surface area contributed by atoms with Crippen molar-refractivity contribution >= 4 is 0 Å². The van der Waals surface area contributed by atoms with E-state index in [1.165, 1.54) is 6.20 Å². The number of hydrogen-bond donors (Lipinski definition) is 0. The molecule has 3 nitrogen and oxygen atoms in total. The average molecular weight is 152 g/mol. The molecule has 0 fully saturated rings. The molecular weight excluding hydrogens is 147 g/mol. The van der Waals surface area contributed by atoms with Crippen molar-refractivity contribution in [3.8, 4) is 11.6 Å². The smallest absolute Gasteiger partial charge is 0.626 e. The molecule has 4 heteroatoms. The van der Waals surface area contributed by atoms with Crippen molar-refractivity contribution in [3.05, 3.63) is 36.9 Å². The van der Waals surface area contributed by atoms with Crippen LogP contribution >= 0.6 is 0 Å². The molecule has 2 aromatic rings. The van der Waals surface area contributed by atoms with Gasteiger partial charge in [-0.25, -0.2) is 0 Å². The van der Waals surface area contributed by atoms with Gasteiger partial charge in [0.05, 0.1) is 5.89 Å². The van der Waals surface area contributed by atoms with Gasteiger partial charge in [-0.1, -0.05) is 12.3 Å². The summed E-state index contributed by atoms with van der Waals surface area (Å²) in [7, 11) is 0. The van der Waals surface area contributed by atoms with Crippen molar-refractivity contribution in [2.75, 3.05) is 0 Å². The monoisotopic (exact) mass is 152 g/mol. The van der Waals surface area contributed by atoms with Crippen molar-refractivity contribution in [2.45, 2.75) is 0 Å². The van der Waals surface area contributed by atoms with Crippen LogP contribution in [-0.2, 0) is 0 Å². The molecule has 2 rings (SSSR count). The third kappa shape index (κ3) is 1.76. The second-order valence-electron chi connectivity index (χ2n) is 2.00. The summed E-state index contributed by atoms with van der Waals surface area (Å²) >= 11 is 0. The Kier molecular flexibility index (Phi) is 3.09. The van der Waals surface area contributed by atoms with E-state index in [2.05, 4.69) is 16.2 Å². The van der Waals surface area contributed by atoms with Crippen molar-refractivity contribution < 1.29 is 23.3 Å². The first-order valence-corrected chi connectivity index (χ1v) is 3.20. The first-order chi connectivity index (χ1) is 5.47. The van der Waals surface area contributed by atoms with Crippen LogP contribution in [0.25, 0.3) is 11.6 Å². The molecule has 0 N–H and O–H groups in total. The molecule has 0 aliphatic rings. The fourth-order valence-electron chi connectivity index (χ4n) is 0.801. The topological polar surface area (TPSA) is 38.9 Å². The second kappa shape index (κ2) is 4.10. The zero-order valence-electron chi connectivity index (χ0n) is 6.69. The Labute approximate surface area is 82.0 Å². The van der Waals surface area contributed by atoms with Crippen LogP contribution in [0.2, 0.25) is 0 Å². The van der Waals surface area contributed by atoms with Crippen LogP contribution in [0.3, 0.4) is 0 Å². The van der Waals surface area contributed by atoms with Crippen LogP contribution < -0.4 is 18.9 Å². The van der Waals surface area contributed by atoms with Crippen LogP contribution in [-0.4, -0.2) is 9.97 Å². The standard InChI is InChI=1S/C8H5N2O.Li/c1-2-4-9-7(3-1)8-10-5-6-11-8;/h1-5H;/q-1;+1. The van der Waals surface area contributed by atoms with Crippen LogP contribution in [0.1, 0.15) is 0 Å². The van der Waals surface area contributed by atoms with Gasteiger partial charge < -0.3 is 9.40 Å². The van der Waals surface area contributed by atoms with Crippen LogP contribution in [0.15, 0.2) is 35.0 Å². The summed E-state index contributed by atoms with van der Waals surface area (Å²) in [5.74, 6) is 0.505. The van der Waals surface area contributed by atoms with Gasteiger partial charge >= 0.3 is 18.9 Å². The molecule has 2 heterocycles. The minimum absolute atomic E-state index is 0. The zero-order chi connectivity index (χ0) is 7.52. The van der Waals surface area contributed by atoms with Crippen molar-refractivity contribution in [2.24, 2.45) is 0 Å². The molecule has 0 spiro atoms. The van der Waals surface area contributed by atoms with E-state index in [0.717, 1.165) is 5.69 Å². The fraction of sp³-hybridized carbons (Fsp3) is 0. The first-order valence-electron chi connectivity index (χ1n) is 3.20. The summed E-state index contributed by atoms with van der Waals surface area (Å²) in [5, 5.41) is 0. The van der Waals surface area contributed by atoms with Gasteiger partial charge in [0.1, 0.15) is 0 Å². The number of hydrogen-bond acceptors (Lipinski definition) is 3. The number of nitrogens with zero attached hydrogens (tertiary/aromatic N) is 2. The minimum Gasteiger partial charge on any atom is -0.626 e. The molecule has 0 bridgehead atoms. The molecule has 0 amide bonds. The fourth-order valence-corrected chi connectivity index (χ4v) is 0.801. The van der Waals surface area contributed by atoms with Gasteiger partial charge in [0.25, 0.3) is 0 Å². The van der Waals surface area contributed by atoms with E-state index in [1.54, 1.807) is 6.20 Å². The molecule has 0 saturated heterocycles. The minimum atomic E-state index is 0. The molecule has 0 unspecified atom stereocenters. The number of rotatable bonds is 1. The summed E-state index contributed by atoms with van der Waals surface area (Å²) in [5.41, 5.74) is 0.730. The Hall–Kier alpha value is -1.04. The molecular formula is C8H5LiN2O. The van der Waals surface area contributed by atoms with Gasteiger partial charge in [0.15, 0.2) is 0 Å². The largest absolute Gasteiger partial charge is 1.00 e. The van der Waals surface area contributed by atoms with E-state index in [9.17, 15) is 0 Å². The van der Waals surface area contributed by atoms with E-state index in [4.69, 9.17) is 4.42 Å². The number of pyridine rings is 1. The summed E-state index contributed by atoms with van der Waals surface area (Å²) < 4.78 is 4.92. The molecule has 0 aromatic carbocycles. The van der Waals surface area contributed by atoms with Gasteiger partial charge in [0, 0.05) is 11.9 Å². The van der Waals surface area contributed by atoms with Crippen LogP contribution in [0.5, 0.6) is 0 Å². The number of oxazole rings is 1. The van der Waals surface area contributed by atoms with E-state index < -0.39 is 0 Å². The molecule has 0 radical (unpaired) electrons. The predicted molar refractivity (Wildman–Crippen MR) is 38.6 cm³/mol. The van der Waals surface area contributed by atoms with Gasteiger partial charge in [-0.15, -0.1) is 0 Å². The van der Waals surface area contributed by atoms with Crippen LogP contribution in [0, 0.1) is 6.26 Å². The Morgan fingerprint density at radius 1 is 1.25 bits per heavy atom. The van der Waals surface area contributed by atoms with E-state index in [0.29, 0.717) is 5.89 Å². The Morgan fingerprint density at radius 2 is 2.17 bits per heavy atom. The van der Waals surface area contributed by atoms with E-state index >= 15 is 0 Å². The second-order valence-corrected chi connectivity index (χ2v) is 2.00. The van der Waals surface area contributed by atoms with Gasteiger partial charge in [-0.05, 0) is 18.3 Å². The summed E-state index contributed by atoms with van der Waals surface area (Å²) in [4.78, 5) is 7.95. The van der Waals surface area contributed by atoms with Gasteiger partial charge in [-0.3, -0.25) is 4.98 Å². The molecule has 0 atom stereocenters. The van der Waals surface area contributed by atoms with E-state index in [1.807, 2.05) is 18.2 Å². The molecule has 2 aromatic heterocycles. The third-order valence-corrected chi connectivity index (χ3v) is 1.27. The third-order valence-electron chi connectivity index (χ3n) is 1.27.